The van der Waals surface area contributed by atoms with Gasteiger partial charge in [-0.15, -0.1) is 0 Å². The maximum Gasteiger partial charge on any atom is 0.270 e. The minimum absolute atomic E-state index is 0.123. The van der Waals surface area contributed by atoms with Gasteiger partial charge in [0.05, 0.1) is 5.52 Å². The number of benzene rings is 1. The summed E-state index contributed by atoms with van der Waals surface area (Å²) in [6, 6.07) is 10.5. The lowest BCUT2D eigenvalue weighted by atomic mass is 10.0. The Labute approximate surface area is 143 Å². The second-order valence-corrected chi connectivity index (χ2v) is 5.56. The second kappa shape index (κ2) is 6.96. The van der Waals surface area contributed by atoms with E-state index in [1.807, 2.05) is 0 Å². The van der Waals surface area contributed by atoms with Crippen LogP contribution in [-0.2, 0) is 11.2 Å². The van der Waals surface area contributed by atoms with Crippen LogP contribution in [-0.4, -0.2) is 32.9 Å². The van der Waals surface area contributed by atoms with Crippen molar-refractivity contribution in [3.05, 3.63) is 66.1 Å². The number of fused-ring (bicyclic) bond motifs is 1. The van der Waals surface area contributed by atoms with Crippen molar-refractivity contribution in [3.8, 4) is 5.75 Å². The topological polar surface area (TPSA) is 118 Å². The third-order valence-electron chi connectivity index (χ3n) is 3.75. The monoisotopic (exact) mass is 336 g/mol. The average Bonchev–Trinajstić information content (AvgIpc) is 2.62. The van der Waals surface area contributed by atoms with Crippen LogP contribution in [0.25, 0.3) is 10.9 Å². The van der Waals surface area contributed by atoms with Gasteiger partial charge in [0.15, 0.2) is 0 Å². The number of aromatic hydroxyl groups is 1. The molecule has 0 radical (unpaired) electrons. The lowest BCUT2D eigenvalue weighted by molar-refractivity contribution is -0.119. The van der Waals surface area contributed by atoms with Crippen molar-refractivity contribution in [2.24, 2.45) is 5.73 Å². The van der Waals surface area contributed by atoms with Gasteiger partial charge in [-0.25, -0.2) is 4.98 Å². The predicted molar refractivity (Wildman–Crippen MR) is 91.8 cm³/mol. The molecule has 3 aromatic rings. The summed E-state index contributed by atoms with van der Waals surface area (Å²) in [7, 11) is 0. The van der Waals surface area contributed by atoms with Crippen LogP contribution in [0, 0.1) is 0 Å². The van der Waals surface area contributed by atoms with Gasteiger partial charge in [-0.05, 0) is 35.9 Å². The van der Waals surface area contributed by atoms with Gasteiger partial charge in [0.1, 0.15) is 17.5 Å². The van der Waals surface area contributed by atoms with Crippen LogP contribution in [0.4, 0.5) is 0 Å². The van der Waals surface area contributed by atoms with Gasteiger partial charge in [0, 0.05) is 24.2 Å². The van der Waals surface area contributed by atoms with Crippen LogP contribution in [0.5, 0.6) is 5.75 Å². The first-order valence-electron chi connectivity index (χ1n) is 7.62. The lowest BCUT2D eigenvalue weighted by Gasteiger charge is -2.15. The molecule has 25 heavy (non-hydrogen) atoms. The Balaban J connectivity index is 1.77. The molecule has 0 aliphatic rings. The molecule has 0 aliphatic carbocycles. The molecule has 3 rings (SSSR count). The van der Waals surface area contributed by atoms with Crippen molar-refractivity contribution in [3.63, 3.8) is 0 Å². The highest BCUT2D eigenvalue weighted by Gasteiger charge is 2.20. The van der Waals surface area contributed by atoms with Gasteiger partial charge >= 0.3 is 0 Å². The molecule has 1 atom stereocenters. The van der Waals surface area contributed by atoms with Crippen LogP contribution in [0.3, 0.4) is 0 Å². The first-order chi connectivity index (χ1) is 12.0. The highest BCUT2D eigenvalue weighted by molar-refractivity contribution is 5.97. The lowest BCUT2D eigenvalue weighted by Crippen LogP contribution is -2.46. The maximum absolute atomic E-state index is 12.4. The molecule has 0 fully saturated rings. The number of primary amides is 1. The van der Waals surface area contributed by atoms with Crippen molar-refractivity contribution in [2.75, 3.05) is 0 Å². The van der Waals surface area contributed by atoms with E-state index in [1.54, 1.807) is 42.7 Å². The van der Waals surface area contributed by atoms with E-state index >= 15 is 0 Å². The number of hydrogen-bond acceptors (Lipinski definition) is 5. The fraction of sp³-hybridized carbons (Fsp3) is 0.111. The zero-order valence-electron chi connectivity index (χ0n) is 13.2. The van der Waals surface area contributed by atoms with Gasteiger partial charge in [-0.1, -0.05) is 12.1 Å². The van der Waals surface area contributed by atoms with Gasteiger partial charge in [0.2, 0.25) is 5.91 Å². The molecule has 0 saturated heterocycles. The fourth-order valence-corrected chi connectivity index (χ4v) is 2.41. The Morgan fingerprint density at radius 3 is 2.60 bits per heavy atom. The molecule has 0 spiro atoms. The van der Waals surface area contributed by atoms with E-state index in [0.717, 1.165) is 10.9 Å². The molecule has 0 saturated carbocycles. The summed E-state index contributed by atoms with van der Waals surface area (Å²) in [4.78, 5) is 32.4. The van der Waals surface area contributed by atoms with Crippen molar-refractivity contribution >= 4 is 22.7 Å². The number of nitrogens with one attached hydrogen (secondary N) is 1. The summed E-state index contributed by atoms with van der Waals surface area (Å²) >= 11 is 0. The number of carbonyl (C=O) groups excluding carboxylic acids is 2. The molecule has 2 heterocycles. The first-order valence-corrected chi connectivity index (χ1v) is 7.62. The second-order valence-electron chi connectivity index (χ2n) is 5.56. The predicted octanol–water partition coefficient (Wildman–Crippen LogP) is 1.16. The molecule has 0 unspecified atom stereocenters. The summed E-state index contributed by atoms with van der Waals surface area (Å²) in [5.74, 6) is -1.01. The van der Waals surface area contributed by atoms with E-state index in [4.69, 9.17) is 5.73 Å². The first kappa shape index (κ1) is 16.4. The Hall–Kier alpha value is -3.48. The number of amides is 2. The van der Waals surface area contributed by atoms with Gasteiger partial charge in [-0.3, -0.25) is 14.6 Å². The highest BCUT2D eigenvalue weighted by atomic mass is 16.3. The van der Waals surface area contributed by atoms with E-state index in [9.17, 15) is 14.7 Å². The van der Waals surface area contributed by atoms with Crippen molar-refractivity contribution in [1.29, 1.82) is 0 Å². The Bertz CT molecular complexity index is 925. The molecule has 1 aromatic carbocycles. The van der Waals surface area contributed by atoms with Gasteiger partial charge in [-0.2, -0.15) is 0 Å². The molecule has 0 bridgehead atoms. The molecular formula is C18H16N4O3. The third kappa shape index (κ3) is 3.89. The van der Waals surface area contributed by atoms with E-state index in [-0.39, 0.29) is 17.9 Å². The van der Waals surface area contributed by atoms with E-state index < -0.39 is 17.9 Å². The van der Waals surface area contributed by atoms with Crippen LogP contribution >= 0.6 is 0 Å². The molecule has 7 heteroatoms. The highest BCUT2D eigenvalue weighted by Crippen LogP contribution is 2.13. The molecule has 126 valence electrons. The summed E-state index contributed by atoms with van der Waals surface area (Å²) in [6.45, 7) is 0. The SMILES string of the molecule is NC(=O)[C@H](Cc1ccc(O)cc1)NC(=O)c1ccc2cnccc2n1. The molecule has 2 amide bonds. The standard InChI is InChI=1S/C18H16N4O3/c19-17(24)16(9-11-1-4-13(23)5-2-11)22-18(25)15-6-3-12-10-20-8-7-14(12)21-15/h1-8,10,16,23H,9H2,(H2,19,24)(H,22,25)/t16-/m0/s1. The number of rotatable bonds is 5. The van der Waals surface area contributed by atoms with Crippen molar-refractivity contribution in [1.82, 2.24) is 15.3 Å². The quantitative estimate of drug-likeness (QED) is 0.646. The number of nitrogens with two attached hydrogens (primary N) is 1. The minimum Gasteiger partial charge on any atom is -0.508 e. The van der Waals surface area contributed by atoms with Gasteiger partial charge < -0.3 is 16.2 Å². The van der Waals surface area contributed by atoms with E-state index in [2.05, 4.69) is 15.3 Å². The van der Waals surface area contributed by atoms with E-state index in [1.165, 1.54) is 12.1 Å². The van der Waals surface area contributed by atoms with Crippen LogP contribution in [0.15, 0.2) is 54.9 Å². The van der Waals surface area contributed by atoms with Gasteiger partial charge in [0.25, 0.3) is 5.91 Å². The number of carbonyl (C=O) groups is 2. The molecule has 0 aliphatic heterocycles. The van der Waals surface area contributed by atoms with Crippen LogP contribution in [0.1, 0.15) is 16.1 Å². The Morgan fingerprint density at radius 1 is 1.12 bits per heavy atom. The molecular weight excluding hydrogens is 320 g/mol. The normalized spacial score (nSPS) is 11.8. The summed E-state index contributed by atoms with van der Waals surface area (Å²) in [5.41, 5.74) is 6.99. The smallest absolute Gasteiger partial charge is 0.270 e. The Kier molecular flexibility index (Phi) is 4.56. The van der Waals surface area contributed by atoms with Crippen molar-refractivity contribution in [2.45, 2.75) is 12.5 Å². The number of nitrogens with zero attached hydrogens (tertiary/aromatic N) is 2. The molecule has 4 N–H and O–H groups in total. The van der Waals surface area contributed by atoms with Crippen molar-refractivity contribution < 1.29 is 14.7 Å². The number of pyridine rings is 2. The van der Waals surface area contributed by atoms with Crippen LogP contribution < -0.4 is 11.1 Å². The number of aromatic nitrogens is 2. The maximum atomic E-state index is 12.4. The minimum atomic E-state index is -0.882. The zero-order valence-corrected chi connectivity index (χ0v) is 13.2. The summed E-state index contributed by atoms with van der Waals surface area (Å²) in [5, 5.41) is 12.7. The molecule has 7 nitrogen and oxygen atoms in total. The summed E-state index contributed by atoms with van der Waals surface area (Å²) in [6.07, 6.45) is 3.47. The van der Waals surface area contributed by atoms with Crippen LogP contribution in [0.2, 0.25) is 0 Å². The largest absolute Gasteiger partial charge is 0.508 e. The van der Waals surface area contributed by atoms with E-state index in [0.29, 0.717) is 5.52 Å². The number of phenols is 1. The average molecular weight is 336 g/mol. The zero-order chi connectivity index (χ0) is 17.8. The molecule has 2 aromatic heterocycles. The third-order valence-corrected chi connectivity index (χ3v) is 3.75. The number of phenolic OH excluding ortho intramolecular Hbond substituents is 1. The summed E-state index contributed by atoms with van der Waals surface area (Å²) < 4.78 is 0. The number of hydrogen-bond donors (Lipinski definition) is 3. The fourth-order valence-electron chi connectivity index (χ4n) is 2.41. The Morgan fingerprint density at radius 2 is 1.88 bits per heavy atom.